The number of fused-ring (bicyclic) bond motifs is 2. The highest BCUT2D eigenvalue weighted by Crippen LogP contribution is 2.34. The minimum atomic E-state index is -0.582. The van der Waals surface area contributed by atoms with Gasteiger partial charge in [-0.25, -0.2) is 4.79 Å². The van der Waals surface area contributed by atoms with Gasteiger partial charge in [0.2, 0.25) is 0 Å². The molecule has 0 radical (unpaired) electrons. The summed E-state index contributed by atoms with van der Waals surface area (Å²) in [5, 5.41) is 13.5. The highest BCUT2D eigenvalue weighted by atomic mass is 16.5. The summed E-state index contributed by atoms with van der Waals surface area (Å²) in [6, 6.07) is 22.0. The zero-order valence-corrected chi connectivity index (χ0v) is 17.8. The van der Waals surface area contributed by atoms with Crippen LogP contribution in [0.3, 0.4) is 0 Å². The molecule has 3 aromatic carbocycles. The van der Waals surface area contributed by atoms with Gasteiger partial charge in [-0.15, -0.1) is 0 Å². The normalized spacial score (nSPS) is 11.3. The molecule has 0 fully saturated rings. The Balaban J connectivity index is 1.37. The van der Waals surface area contributed by atoms with E-state index in [4.69, 9.17) is 13.6 Å². The topological polar surface area (TPSA) is 72.8 Å². The summed E-state index contributed by atoms with van der Waals surface area (Å²) in [5.74, 6) is 1.27. The fourth-order valence-electron chi connectivity index (χ4n) is 3.98. The maximum Gasteiger partial charge on any atom is 0.343 e. The van der Waals surface area contributed by atoms with Crippen LogP contribution in [0, 0.1) is 13.8 Å². The van der Waals surface area contributed by atoms with Gasteiger partial charge in [-0.3, -0.25) is 0 Å². The van der Waals surface area contributed by atoms with Gasteiger partial charge in [0, 0.05) is 17.4 Å². The largest absolute Gasteiger partial charge is 0.507 e. The highest BCUT2D eigenvalue weighted by Gasteiger charge is 2.18. The second kappa shape index (κ2) is 7.93. The molecular weight excluding hydrogens is 404 g/mol. The van der Waals surface area contributed by atoms with Crippen molar-refractivity contribution in [2.24, 2.45) is 0 Å². The second-order valence-electron chi connectivity index (χ2n) is 7.86. The molecule has 160 valence electrons. The third-order valence-electron chi connectivity index (χ3n) is 5.78. The summed E-state index contributed by atoms with van der Waals surface area (Å²) < 4.78 is 17.2. The van der Waals surface area contributed by atoms with Crippen LogP contribution in [0.25, 0.3) is 33.3 Å². The summed E-state index contributed by atoms with van der Waals surface area (Å²) >= 11 is 0. The van der Waals surface area contributed by atoms with E-state index in [-0.39, 0.29) is 17.1 Å². The molecule has 0 spiro atoms. The Morgan fingerprint density at radius 1 is 0.875 bits per heavy atom. The molecule has 5 nitrogen and oxygen atoms in total. The molecule has 5 aromatic rings. The summed E-state index contributed by atoms with van der Waals surface area (Å²) in [5.41, 5.74) is 1.96. The van der Waals surface area contributed by atoms with Crippen molar-refractivity contribution in [3.8, 4) is 23.0 Å². The molecular formula is C27H22O5. The number of ether oxygens (including phenoxy) is 1. The van der Waals surface area contributed by atoms with Crippen molar-refractivity contribution in [1.29, 1.82) is 0 Å². The lowest BCUT2D eigenvalue weighted by Gasteiger charge is -2.08. The molecule has 0 aliphatic carbocycles. The van der Waals surface area contributed by atoms with Gasteiger partial charge < -0.3 is 18.7 Å². The lowest BCUT2D eigenvalue weighted by molar-refractivity contribution is 0.323. The first-order chi connectivity index (χ1) is 15.5. The zero-order valence-electron chi connectivity index (χ0n) is 17.8. The van der Waals surface area contributed by atoms with Gasteiger partial charge in [-0.1, -0.05) is 42.5 Å². The van der Waals surface area contributed by atoms with Crippen molar-refractivity contribution in [3.63, 3.8) is 0 Å². The predicted molar refractivity (Wildman–Crippen MR) is 124 cm³/mol. The van der Waals surface area contributed by atoms with Crippen molar-refractivity contribution in [2.45, 2.75) is 20.3 Å². The van der Waals surface area contributed by atoms with Gasteiger partial charge in [0.15, 0.2) is 11.5 Å². The van der Waals surface area contributed by atoms with Crippen LogP contribution >= 0.6 is 0 Å². The van der Waals surface area contributed by atoms with E-state index < -0.39 is 5.63 Å². The summed E-state index contributed by atoms with van der Waals surface area (Å²) in [7, 11) is 0. The number of benzene rings is 3. The van der Waals surface area contributed by atoms with Crippen LogP contribution < -0.4 is 10.4 Å². The van der Waals surface area contributed by atoms with Gasteiger partial charge in [-0.2, -0.15) is 0 Å². The minimum Gasteiger partial charge on any atom is -0.507 e. The molecule has 0 aliphatic rings. The number of furan rings is 1. The summed E-state index contributed by atoms with van der Waals surface area (Å²) in [6.45, 7) is 3.76. The Hall–Kier alpha value is -3.99. The van der Waals surface area contributed by atoms with Crippen LogP contribution in [-0.2, 0) is 6.42 Å². The van der Waals surface area contributed by atoms with Crippen LogP contribution in [0.2, 0.25) is 0 Å². The first-order valence-electron chi connectivity index (χ1n) is 10.5. The van der Waals surface area contributed by atoms with E-state index in [9.17, 15) is 9.90 Å². The quantitative estimate of drug-likeness (QED) is 0.365. The first-order valence-corrected chi connectivity index (χ1v) is 10.5. The molecule has 5 rings (SSSR count). The van der Waals surface area contributed by atoms with Crippen molar-refractivity contribution in [3.05, 3.63) is 93.8 Å². The SMILES string of the molecule is Cc1c(-c2cc3cc(OCCc4cccc5ccccc45)ccc3o2)oc(=O)c(C)c1O. The van der Waals surface area contributed by atoms with Crippen molar-refractivity contribution < 1.29 is 18.7 Å². The molecule has 2 heterocycles. The van der Waals surface area contributed by atoms with Crippen LogP contribution in [-0.4, -0.2) is 11.7 Å². The standard InChI is InChI=1S/C27H22O5/c1-16-25(28)17(2)27(29)32-26(16)24-15-20-14-21(10-11-23(20)31-24)30-13-12-19-8-5-7-18-6-3-4-9-22(18)19/h3-11,14-15,28H,12-13H2,1-2H3. The fraction of sp³-hybridized carbons (Fsp3) is 0.148. The lowest BCUT2D eigenvalue weighted by Crippen LogP contribution is -2.05. The van der Waals surface area contributed by atoms with Gasteiger partial charge in [0.05, 0.1) is 12.2 Å². The maximum atomic E-state index is 12.0. The van der Waals surface area contributed by atoms with E-state index in [1.54, 1.807) is 13.0 Å². The summed E-state index contributed by atoms with van der Waals surface area (Å²) in [4.78, 5) is 12.0. The molecule has 2 aromatic heterocycles. The molecule has 32 heavy (non-hydrogen) atoms. The lowest BCUT2D eigenvalue weighted by atomic mass is 10.0. The Bertz CT molecular complexity index is 1500. The monoisotopic (exact) mass is 426 g/mol. The van der Waals surface area contributed by atoms with E-state index >= 15 is 0 Å². The van der Waals surface area contributed by atoms with Gasteiger partial charge in [0.1, 0.15) is 17.1 Å². The zero-order chi connectivity index (χ0) is 22.2. The van der Waals surface area contributed by atoms with E-state index in [1.807, 2.05) is 24.3 Å². The molecule has 0 bridgehead atoms. The van der Waals surface area contributed by atoms with E-state index in [1.165, 1.54) is 23.3 Å². The predicted octanol–water partition coefficient (Wildman–Crippen LogP) is 6.15. The smallest absolute Gasteiger partial charge is 0.343 e. The molecule has 5 heteroatoms. The highest BCUT2D eigenvalue weighted by molar-refractivity contribution is 5.86. The molecule has 0 unspecified atom stereocenters. The third-order valence-corrected chi connectivity index (χ3v) is 5.78. The van der Waals surface area contributed by atoms with Gasteiger partial charge in [-0.05, 0) is 54.4 Å². The number of hydrogen-bond acceptors (Lipinski definition) is 5. The van der Waals surface area contributed by atoms with Crippen molar-refractivity contribution in [1.82, 2.24) is 0 Å². The average Bonchev–Trinajstić information content (AvgIpc) is 3.23. The van der Waals surface area contributed by atoms with Gasteiger partial charge in [0.25, 0.3) is 0 Å². The van der Waals surface area contributed by atoms with E-state index in [2.05, 4.69) is 36.4 Å². The number of rotatable bonds is 5. The Morgan fingerprint density at radius 3 is 2.56 bits per heavy atom. The maximum absolute atomic E-state index is 12.0. The van der Waals surface area contributed by atoms with Crippen LogP contribution in [0.15, 0.2) is 80.4 Å². The molecule has 0 saturated heterocycles. The van der Waals surface area contributed by atoms with Crippen molar-refractivity contribution in [2.75, 3.05) is 6.61 Å². The Kier molecular flexibility index (Phi) is 4.94. The molecule has 0 saturated carbocycles. The molecule has 1 N–H and O–H groups in total. The fourth-order valence-corrected chi connectivity index (χ4v) is 3.98. The molecule has 0 aliphatic heterocycles. The summed E-state index contributed by atoms with van der Waals surface area (Å²) in [6.07, 6.45) is 0.795. The van der Waals surface area contributed by atoms with Crippen LogP contribution in [0.4, 0.5) is 0 Å². The Morgan fingerprint density at radius 2 is 1.69 bits per heavy atom. The van der Waals surface area contributed by atoms with Crippen LogP contribution in [0.1, 0.15) is 16.7 Å². The molecule has 0 atom stereocenters. The van der Waals surface area contributed by atoms with E-state index in [0.717, 1.165) is 17.6 Å². The van der Waals surface area contributed by atoms with Gasteiger partial charge >= 0.3 is 5.63 Å². The Labute approximate surface area is 184 Å². The number of hydrogen-bond donors (Lipinski definition) is 1. The first kappa shape index (κ1) is 19.9. The van der Waals surface area contributed by atoms with E-state index in [0.29, 0.717) is 23.5 Å². The van der Waals surface area contributed by atoms with Crippen molar-refractivity contribution >= 4 is 21.7 Å². The number of aromatic hydroxyl groups is 1. The minimum absolute atomic E-state index is 0.0748. The second-order valence-corrected chi connectivity index (χ2v) is 7.86. The molecule has 0 amide bonds. The average molecular weight is 426 g/mol. The van der Waals surface area contributed by atoms with Crippen LogP contribution in [0.5, 0.6) is 11.5 Å². The third kappa shape index (κ3) is 3.52.